The van der Waals surface area contributed by atoms with E-state index in [1.54, 1.807) is 0 Å². The Balaban J connectivity index is 4.33. The lowest BCUT2D eigenvalue weighted by atomic mass is 9.76. The van der Waals surface area contributed by atoms with Gasteiger partial charge in [0.25, 0.3) is 0 Å². The summed E-state index contributed by atoms with van der Waals surface area (Å²) in [6, 6.07) is 0. The van der Waals surface area contributed by atoms with Crippen LogP contribution in [0.25, 0.3) is 0 Å². The van der Waals surface area contributed by atoms with E-state index in [0.717, 1.165) is 6.42 Å². The second-order valence-electron chi connectivity index (χ2n) is 3.95. The minimum absolute atomic E-state index is 0.108. The van der Waals surface area contributed by atoms with E-state index in [1.807, 2.05) is 6.92 Å². The van der Waals surface area contributed by atoms with Crippen LogP contribution in [-0.2, 0) is 4.84 Å². The molecule has 1 atom stereocenters. The van der Waals surface area contributed by atoms with Gasteiger partial charge < -0.3 is 0 Å². The number of rotatable bonds is 2. The normalized spacial score (nSPS) is 18.6. The van der Waals surface area contributed by atoms with Crippen molar-refractivity contribution in [1.29, 1.82) is 0 Å². The van der Waals surface area contributed by atoms with Crippen LogP contribution in [0.1, 0.15) is 41.0 Å². The van der Waals surface area contributed by atoms with E-state index in [-0.39, 0.29) is 11.0 Å². The first-order valence-corrected chi connectivity index (χ1v) is 3.75. The summed E-state index contributed by atoms with van der Waals surface area (Å²) in [5.74, 6) is 5.20. The lowest BCUT2D eigenvalue weighted by Gasteiger charge is -2.38. The zero-order valence-corrected chi connectivity index (χ0v) is 7.69. The molecule has 2 nitrogen and oxygen atoms in total. The molecular formula is C8H19NO. The molecule has 0 spiro atoms. The van der Waals surface area contributed by atoms with Crippen LogP contribution in [0.4, 0.5) is 0 Å². The molecule has 0 aliphatic carbocycles. The van der Waals surface area contributed by atoms with Crippen molar-refractivity contribution in [2.24, 2.45) is 11.3 Å². The summed E-state index contributed by atoms with van der Waals surface area (Å²) in [6.45, 7) is 10.5. The quantitative estimate of drug-likeness (QED) is 0.604. The van der Waals surface area contributed by atoms with Crippen LogP contribution in [0, 0.1) is 5.41 Å². The first-order valence-electron chi connectivity index (χ1n) is 3.75. The van der Waals surface area contributed by atoms with Crippen LogP contribution in [-0.4, -0.2) is 5.60 Å². The Bertz CT molecular complexity index is 100. The molecule has 0 rings (SSSR count). The van der Waals surface area contributed by atoms with Gasteiger partial charge in [0.05, 0.1) is 5.60 Å². The smallest absolute Gasteiger partial charge is 0.0911 e. The van der Waals surface area contributed by atoms with Crippen molar-refractivity contribution in [3.63, 3.8) is 0 Å². The van der Waals surface area contributed by atoms with Gasteiger partial charge in [-0.05, 0) is 18.8 Å². The van der Waals surface area contributed by atoms with Gasteiger partial charge in [0.2, 0.25) is 0 Å². The van der Waals surface area contributed by atoms with Gasteiger partial charge in [0.15, 0.2) is 0 Å². The molecule has 0 aromatic rings. The van der Waals surface area contributed by atoms with Crippen molar-refractivity contribution in [3.8, 4) is 0 Å². The topological polar surface area (TPSA) is 35.2 Å². The van der Waals surface area contributed by atoms with Gasteiger partial charge in [-0.2, -0.15) is 0 Å². The van der Waals surface area contributed by atoms with Crippen LogP contribution in [0.15, 0.2) is 0 Å². The van der Waals surface area contributed by atoms with Crippen LogP contribution < -0.4 is 5.90 Å². The molecule has 0 aliphatic rings. The highest BCUT2D eigenvalue weighted by Crippen LogP contribution is 2.34. The van der Waals surface area contributed by atoms with E-state index in [1.165, 1.54) is 0 Å². The second-order valence-corrected chi connectivity index (χ2v) is 3.95. The molecule has 0 fully saturated rings. The molecule has 62 valence electrons. The highest BCUT2D eigenvalue weighted by molar-refractivity contribution is 4.85. The average molecular weight is 145 g/mol. The Morgan fingerprint density at radius 2 is 1.60 bits per heavy atom. The highest BCUT2D eigenvalue weighted by Gasteiger charge is 2.36. The molecular weight excluding hydrogens is 126 g/mol. The Labute approximate surface area is 63.7 Å². The summed E-state index contributed by atoms with van der Waals surface area (Å²) in [6.07, 6.45) is 0.938. The summed E-state index contributed by atoms with van der Waals surface area (Å²) in [7, 11) is 0. The molecule has 0 amide bonds. The van der Waals surface area contributed by atoms with Crippen LogP contribution in [0.3, 0.4) is 0 Å². The second kappa shape index (κ2) is 2.89. The maximum atomic E-state index is 5.20. The Morgan fingerprint density at radius 3 is 1.60 bits per heavy atom. The van der Waals surface area contributed by atoms with Crippen LogP contribution in [0.2, 0.25) is 0 Å². The summed E-state index contributed by atoms with van der Waals surface area (Å²) in [5, 5.41) is 0. The zero-order chi connectivity index (χ0) is 8.41. The van der Waals surface area contributed by atoms with Crippen molar-refractivity contribution in [2.45, 2.75) is 46.6 Å². The summed E-state index contributed by atoms with van der Waals surface area (Å²) in [5.41, 5.74) is -0.0937. The van der Waals surface area contributed by atoms with Gasteiger partial charge >= 0.3 is 0 Å². The van der Waals surface area contributed by atoms with E-state index >= 15 is 0 Å². The Hall–Kier alpha value is -0.0800. The molecule has 0 heterocycles. The van der Waals surface area contributed by atoms with Gasteiger partial charge in [0, 0.05) is 0 Å². The van der Waals surface area contributed by atoms with Gasteiger partial charge in [0.1, 0.15) is 0 Å². The predicted molar refractivity (Wildman–Crippen MR) is 43.4 cm³/mol. The van der Waals surface area contributed by atoms with E-state index in [2.05, 4.69) is 27.7 Å². The molecule has 0 radical (unpaired) electrons. The maximum Gasteiger partial charge on any atom is 0.0911 e. The number of hydrogen-bond donors (Lipinski definition) is 1. The first kappa shape index (κ1) is 9.92. The fourth-order valence-corrected chi connectivity index (χ4v) is 0.790. The SMILES string of the molecule is CCC(C)(ON)C(C)(C)C. The van der Waals surface area contributed by atoms with Crippen molar-refractivity contribution >= 4 is 0 Å². The summed E-state index contributed by atoms with van der Waals surface area (Å²) < 4.78 is 0. The molecule has 0 aromatic heterocycles. The molecule has 0 aromatic carbocycles. The van der Waals surface area contributed by atoms with Crippen molar-refractivity contribution < 1.29 is 4.84 Å². The van der Waals surface area contributed by atoms with Gasteiger partial charge in [-0.3, -0.25) is 4.84 Å². The standard InChI is InChI=1S/C8H19NO/c1-6-8(5,10-9)7(2,3)4/h6,9H2,1-5H3. The lowest BCUT2D eigenvalue weighted by molar-refractivity contribution is -0.109. The number of nitrogens with two attached hydrogens (primary N) is 1. The maximum absolute atomic E-state index is 5.20. The molecule has 10 heavy (non-hydrogen) atoms. The molecule has 1 unspecified atom stereocenters. The Kier molecular flexibility index (Phi) is 2.86. The lowest BCUT2D eigenvalue weighted by Crippen LogP contribution is -2.43. The van der Waals surface area contributed by atoms with Crippen molar-refractivity contribution in [1.82, 2.24) is 0 Å². The monoisotopic (exact) mass is 145 g/mol. The summed E-state index contributed by atoms with van der Waals surface area (Å²) in [4.78, 5) is 4.95. The molecule has 2 heteroatoms. The first-order chi connectivity index (χ1) is 4.37. The van der Waals surface area contributed by atoms with Gasteiger partial charge in [-0.1, -0.05) is 27.7 Å². The molecule has 0 aliphatic heterocycles. The molecule has 0 saturated carbocycles. The summed E-state index contributed by atoms with van der Waals surface area (Å²) >= 11 is 0. The minimum atomic E-state index is -0.201. The molecule has 0 bridgehead atoms. The zero-order valence-electron chi connectivity index (χ0n) is 7.69. The molecule has 0 saturated heterocycles. The fraction of sp³-hybridized carbons (Fsp3) is 1.00. The van der Waals surface area contributed by atoms with E-state index in [4.69, 9.17) is 10.7 Å². The van der Waals surface area contributed by atoms with Gasteiger partial charge in [-0.15, -0.1) is 0 Å². The Morgan fingerprint density at radius 1 is 1.20 bits per heavy atom. The third-order valence-electron chi connectivity index (χ3n) is 2.52. The van der Waals surface area contributed by atoms with E-state index in [9.17, 15) is 0 Å². The largest absolute Gasteiger partial charge is 0.298 e. The van der Waals surface area contributed by atoms with E-state index in [0.29, 0.717) is 0 Å². The van der Waals surface area contributed by atoms with Crippen molar-refractivity contribution in [3.05, 3.63) is 0 Å². The molecule has 2 N–H and O–H groups in total. The van der Waals surface area contributed by atoms with Crippen LogP contribution in [0.5, 0.6) is 0 Å². The van der Waals surface area contributed by atoms with Gasteiger partial charge in [-0.25, -0.2) is 5.90 Å². The number of hydrogen-bond acceptors (Lipinski definition) is 2. The highest BCUT2D eigenvalue weighted by atomic mass is 16.6. The predicted octanol–water partition coefficient (Wildman–Crippen LogP) is 2.09. The third-order valence-corrected chi connectivity index (χ3v) is 2.52. The van der Waals surface area contributed by atoms with E-state index < -0.39 is 0 Å². The minimum Gasteiger partial charge on any atom is -0.298 e. The average Bonchev–Trinajstić information content (AvgIpc) is 1.84. The van der Waals surface area contributed by atoms with Crippen molar-refractivity contribution in [2.75, 3.05) is 0 Å². The van der Waals surface area contributed by atoms with Crippen LogP contribution >= 0.6 is 0 Å². The third kappa shape index (κ3) is 1.70. The fourth-order valence-electron chi connectivity index (χ4n) is 0.790.